The van der Waals surface area contributed by atoms with E-state index in [4.69, 9.17) is 4.74 Å². The topological polar surface area (TPSA) is 74.1 Å². The minimum atomic E-state index is -3.41. The van der Waals surface area contributed by atoms with E-state index < -0.39 is 9.84 Å². The van der Waals surface area contributed by atoms with Crippen molar-refractivity contribution in [3.63, 3.8) is 0 Å². The summed E-state index contributed by atoms with van der Waals surface area (Å²) in [4.78, 5) is 8.17. The molecule has 0 N–H and O–H groups in total. The Morgan fingerprint density at radius 3 is 2.80 bits per heavy atom. The summed E-state index contributed by atoms with van der Waals surface area (Å²) in [5.74, 6) is 0. The summed E-state index contributed by atoms with van der Waals surface area (Å²) in [5, 5.41) is 0.00438. The molecule has 0 atom stereocenters. The number of hydrogen-bond acceptors (Lipinski definition) is 5. The van der Waals surface area contributed by atoms with E-state index in [0.29, 0.717) is 17.8 Å². The number of hydrogen-bond donors (Lipinski definition) is 0. The van der Waals surface area contributed by atoms with Gasteiger partial charge >= 0.3 is 0 Å². The third-order valence-electron chi connectivity index (χ3n) is 2.79. The number of fused-ring (bicyclic) bond motifs is 1. The van der Waals surface area contributed by atoms with Crippen LogP contribution >= 0.6 is 0 Å². The molecule has 2 aromatic rings. The van der Waals surface area contributed by atoms with Crippen LogP contribution in [0, 0.1) is 0 Å². The maximum Gasteiger partial charge on any atom is 0.231 e. The first-order valence-corrected chi connectivity index (χ1v) is 10.9. The van der Waals surface area contributed by atoms with Crippen molar-refractivity contribution in [3.8, 4) is 0 Å². The van der Waals surface area contributed by atoms with Gasteiger partial charge in [-0.3, -0.25) is 4.57 Å². The predicted octanol–water partition coefficient (Wildman–Crippen LogP) is 1.56. The minimum absolute atomic E-state index is 0.00438. The standard InChI is InChI=1S/C12H18N3O3SSi/c1-19(16,17)12-14-11-10(5-4-6-13-11)15(12)9-18-7-8-20(2)3/h4-6H,7-9H2,1-3H3. The number of ether oxygens (including phenoxy) is 1. The lowest BCUT2D eigenvalue weighted by Crippen LogP contribution is -2.13. The van der Waals surface area contributed by atoms with Gasteiger partial charge in [0.05, 0.1) is 5.52 Å². The van der Waals surface area contributed by atoms with Gasteiger partial charge in [0.2, 0.25) is 15.0 Å². The molecule has 2 heterocycles. The Balaban J connectivity index is 2.29. The van der Waals surface area contributed by atoms with Gasteiger partial charge in [0.1, 0.15) is 6.73 Å². The van der Waals surface area contributed by atoms with Crippen LogP contribution in [0.1, 0.15) is 0 Å². The number of aromatic nitrogens is 3. The molecule has 1 radical (unpaired) electrons. The number of rotatable bonds is 6. The largest absolute Gasteiger partial charge is 0.361 e. The molecule has 0 fully saturated rings. The molecule has 0 spiro atoms. The van der Waals surface area contributed by atoms with Crippen LogP contribution in [0.15, 0.2) is 23.5 Å². The fourth-order valence-corrected chi connectivity index (χ4v) is 3.14. The van der Waals surface area contributed by atoms with E-state index in [1.165, 1.54) is 0 Å². The molecule has 109 valence electrons. The van der Waals surface area contributed by atoms with Gasteiger partial charge in [-0.2, -0.15) is 4.98 Å². The number of pyridine rings is 1. The second-order valence-corrected chi connectivity index (χ2v) is 9.76. The van der Waals surface area contributed by atoms with Gasteiger partial charge in [0, 0.05) is 27.9 Å². The van der Waals surface area contributed by atoms with Crippen molar-refractivity contribution < 1.29 is 13.2 Å². The van der Waals surface area contributed by atoms with Crippen molar-refractivity contribution in [2.45, 2.75) is 31.0 Å². The summed E-state index contributed by atoms with van der Waals surface area (Å²) in [6.45, 7) is 5.24. The molecule has 2 aromatic heterocycles. The highest BCUT2D eigenvalue weighted by Crippen LogP contribution is 2.17. The number of sulfone groups is 1. The highest BCUT2D eigenvalue weighted by Gasteiger charge is 2.19. The van der Waals surface area contributed by atoms with Gasteiger partial charge < -0.3 is 4.74 Å². The van der Waals surface area contributed by atoms with Crippen LogP contribution < -0.4 is 0 Å². The van der Waals surface area contributed by atoms with Crippen LogP contribution in [-0.4, -0.2) is 44.6 Å². The van der Waals surface area contributed by atoms with Crippen LogP contribution in [0.4, 0.5) is 0 Å². The Kier molecular flexibility index (Phi) is 4.56. The van der Waals surface area contributed by atoms with Crippen molar-refractivity contribution >= 4 is 29.8 Å². The van der Waals surface area contributed by atoms with Crippen molar-refractivity contribution in [2.24, 2.45) is 0 Å². The molecule has 0 saturated heterocycles. The average molecular weight is 312 g/mol. The Labute approximate surface area is 120 Å². The van der Waals surface area contributed by atoms with Gasteiger partial charge in [-0.05, 0) is 18.2 Å². The van der Waals surface area contributed by atoms with Crippen molar-refractivity contribution in [3.05, 3.63) is 18.3 Å². The monoisotopic (exact) mass is 312 g/mol. The fraction of sp³-hybridized carbons (Fsp3) is 0.500. The average Bonchev–Trinajstić information content (AvgIpc) is 2.73. The highest BCUT2D eigenvalue weighted by atomic mass is 32.2. The quantitative estimate of drug-likeness (QED) is 0.598. The maximum atomic E-state index is 11.8. The predicted molar refractivity (Wildman–Crippen MR) is 78.9 cm³/mol. The normalized spacial score (nSPS) is 12.4. The number of imidazole rings is 1. The highest BCUT2D eigenvalue weighted by molar-refractivity contribution is 7.90. The smallest absolute Gasteiger partial charge is 0.231 e. The van der Waals surface area contributed by atoms with E-state index >= 15 is 0 Å². The van der Waals surface area contributed by atoms with Crippen LogP contribution in [0.25, 0.3) is 11.2 Å². The van der Waals surface area contributed by atoms with Gasteiger partial charge in [-0.25, -0.2) is 13.4 Å². The molecule has 0 saturated carbocycles. The molecule has 6 nitrogen and oxygen atoms in total. The molecular formula is C12H18N3O3SSi. The van der Waals surface area contributed by atoms with Crippen LogP contribution in [0.5, 0.6) is 0 Å². The zero-order valence-electron chi connectivity index (χ0n) is 11.8. The molecule has 0 amide bonds. The zero-order chi connectivity index (χ0) is 14.8. The number of nitrogens with zero attached hydrogens (tertiary/aromatic N) is 3. The molecular weight excluding hydrogens is 294 g/mol. The lowest BCUT2D eigenvalue weighted by atomic mass is 10.4. The Morgan fingerprint density at radius 1 is 1.40 bits per heavy atom. The third-order valence-corrected chi connectivity index (χ3v) is 4.97. The van der Waals surface area contributed by atoms with Gasteiger partial charge in [0.25, 0.3) is 0 Å². The third kappa shape index (κ3) is 3.44. The first-order chi connectivity index (χ1) is 9.39. The van der Waals surface area contributed by atoms with Gasteiger partial charge in [-0.15, -0.1) is 0 Å². The zero-order valence-corrected chi connectivity index (χ0v) is 13.6. The van der Waals surface area contributed by atoms with Crippen molar-refractivity contribution in [1.29, 1.82) is 0 Å². The fourth-order valence-electron chi connectivity index (χ4n) is 1.78. The van der Waals surface area contributed by atoms with E-state index in [0.717, 1.165) is 12.3 Å². The van der Waals surface area contributed by atoms with E-state index in [1.807, 2.05) is 0 Å². The molecule has 8 heteroatoms. The van der Waals surface area contributed by atoms with Crippen molar-refractivity contribution in [1.82, 2.24) is 14.5 Å². The molecule has 0 bridgehead atoms. The van der Waals surface area contributed by atoms with E-state index in [2.05, 4.69) is 23.1 Å². The molecule has 0 aliphatic rings. The SMILES string of the molecule is C[Si](C)CCOCn1c(S(C)(=O)=O)nc2ncccc21. The van der Waals surface area contributed by atoms with Crippen molar-refractivity contribution in [2.75, 3.05) is 12.9 Å². The molecule has 2 rings (SSSR count). The van der Waals surface area contributed by atoms with E-state index in [9.17, 15) is 8.42 Å². The summed E-state index contributed by atoms with van der Waals surface area (Å²) in [5.41, 5.74) is 1.10. The lowest BCUT2D eigenvalue weighted by Gasteiger charge is -2.09. The van der Waals surface area contributed by atoms with Gasteiger partial charge in [0.15, 0.2) is 5.65 Å². The molecule has 20 heavy (non-hydrogen) atoms. The van der Waals surface area contributed by atoms with Crippen LogP contribution in [0.3, 0.4) is 0 Å². The summed E-state index contributed by atoms with van der Waals surface area (Å²) < 4.78 is 30.8. The summed E-state index contributed by atoms with van der Waals surface area (Å²) in [6, 6.07) is 4.58. The molecule has 0 unspecified atom stereocenters. The van der Waals surface area contributed by atoms with E-state index in [-0.39, 0.29) is 20.7 Å². The summed E-state index contributed by atoms with van der Waals surface area (Å²) in [6.07, 6.45) is 2.74. The Bertz CT molecular complexity index is 697. The summed E-state index contributed by atoms with van der Waals surface area (Å²) >= 11 is 0. The van der Waals surface area contributed by atoms with E-state index in [1.54, 1.807) is 22.9 Å². The Hall–Kier alpha value is -1.25. The van der Waals surface area contributed by atoms with Gasteiger partial charge in [-0.1, -0.05) is 13.1 Å². The maximum absolute atomic E-state index is 11.8. The second kappa shape index (κ2) is 6.02. The first-order valence-electron chi connectivity index (χ1n) is 6.27. The minimum Gasteiger partial charge on any atom is -0.361 e. The first kappa shape index (κ1) is 15.1. The van der Waals surface area contributed by atoms with Crippen LogP contribution in [0.2, 0.25) is 19.1 Å². The molecule has 0 aliphatic heterocycles. The second-order valence-electron chi connectivity index (χ2n) is 4.94. The lowest BCUT2D eigenvalue weighted by molar-refractivity contribution is 0.0842. The Morgan fingerprint density at radius 2 is 2.15 bits per heavy atom. The summed E-state index contributed by atoms with van der Waals surface area (Å²) in [7, 11) is -3.75. The molecule has 0 aromatic carbocycles. The van der Waals surface area contributed by atoms with Crippen LogP contribution in [-0.2, 0) is 21.3 Å². The molecule has 0 aliphatic carbocycles.